The Morgan fingerprint density at radius 3 is 2.08 bits per heavy atom. The van der Waals surface area contributed by atoms with Crippen LogP contribution in [-0.4, -0.2) is 18.4 Å². The molecular weight excluding hydrogens is 300 g/mol. The number of hydrogen-bond acceptors (Lipinski definition) is 2. The molecule has 0 aromatic heterocycles. The number of anilines is 1. The van der Waals surface area contributed by atoms with Crippen LogP contribution in [0.25, 0.3) is 0 Å². The zero-order valence-electron chi connectivity index (χ0n) is 14.2. The average molecular weight is 324 g/mol. The summed E-state index contributed by atoms with van der Waals surface area (Å²) in [6, 6.07) is 19.3. The van der Waals surface area contributed by atoms with E-state index in [1.165, 1.54) is 5.56 Å². The van der Waals surface area contributed by atoms with E-state index in [1.54, 1.807) is 26.0 Å². The van der Waals surface area contributed by atoms with Gasteiger partial charge >= 0.3 is 0 Å². The number of nitrogens with one attached hydrogen (secondary N) is 2. The SMILES string of the molecule is CC(C)(C(=O)NCCCc1ccccc1)C(=O)Nc1ccccc1. The Balaban J connectivity index is 1.80. The Labute approximate surface area is 143 Å². The predicted molar refractivity (Wildman–Crippen MR) is 96.6 cm³/mol. The van der Waals surface area contributed by atoms with Gasteiger partial charge in [0.2, 0.25) is 11.8 Å². The number of rotatable bonds is 7. The molecule has 2 amide bonds. The smallest absolute Gasteiger partial charge is 0.239 e. The highest BCUT2D eigenvalue weighted by Gasteiger charge is 2.35. The molecular formula is C20H24N2O2. The van der Waals surface area contributed by atoms with Crippen LogP contribution in [-0.2, 0) is 16.0 Å². The molecule has 0 aliphatic heterocycles. The van der Waals surface area contributed by atoms with Crippen LogP contribution in [0.1, 0.15) is 25.8 Å². The fraction of sp³-hybridized carbons (Fsp3) is 0.300. The molecule has 4 nitrogen and oxygen atoms in total. The standard InChI is InChI=1S/C20H24N2O2/c1-20(2,19(24)22-17-13-7-4-8-14-17)18(23)21-15-9-12-16-10-5-3-6-11-16/h3-8,10-11,13-14H,9,12,15H2,1-2H3,(H,21,23)(H,22,24). The summed E-state index contributed by atoms with van der Waals surface area (Å²) in [5.74, 6) is -0.571. The molecule has 0 heterocycles. The van der Waals surface area contributed by atoms with Crippen molar-refractivity contribution < 1.29 is 9.59 Å². The highest BCUT2D eigenvalue weighted by molar-refractivity contribution is 6.09. The second-order valence-corrected chi connectivity index (χ2v) is 6.29. The molecule has 0 bridgehead atoms. The van der Waals surface area contributed by atoms with Gasteiger partial charge in [-0.25, -0.2) is 0 Å². The van der Waals surface area contributed by atoms with Crippen LogP contribution in [0.5, 0.6) is 0 Å². The minimum absolute atomic E-state index is 0.260. The normalized spacial score (nSPS) is 10.9. The molecule has 0 fully saturated rings. The highest BCUT2D eigenvalue weighted by Crippen LogP contribution is 2.19. The van der Waals surface area contributed by atoms with Gasteiger partial charge in [-0.15, -0.1) is 0 Å². The summed E-state index contributed by atoms with van der Waals surface area (Å²) in [6.45, 7) is 3.82. The molecule has 2 aromatic rings. The molecule has 0 aliphatic rings. The second kappa shape index (κ2) is 8.29. The van der Waals surface area contributed by atoms with Crippen molar-refractivity contribution >= 4 is 17.5 Å². The lowest BCUT2D eigenvalue weighted by Gasteiger charge is -2.22. The van der Waals surface area contributed by atoms with Gasteiger partial charge < -0.3 is 10.6 Å². The van der Waals surface area contributed by atoms with Crippen LogP contribution in [0.2, 0.25) is 0 Å². The van der Waals surface area contributed by atoms with Gasteiger partial charge in [-0.05, 0) is 44.4 Å². The molecule has 0 saturated heterocycles. The second-order valence-electron chi connectivity index (χ2n) is 6.29. The van der Waals surface area contributed by atoms with E-state index in [9.17, 15) is 9.59 Å². The Kier molecular flexibility index (Phi) is 6.13. The van der Waals surface area contributed by atoms with Gasteiger partial charge in [0.05, 0.1) is 0 Å². The first kappa shape index (κ1) is 17.7. The molecule has 24 heavy (non-hydrogen) atoms. The molecule has 2 rings (SSSR count). The van der Waals surface area contributed by atoms with E-state index in [4.69, 9.17) is 0 Å². The zero-order chi connectivity index (χ0) is 17.4. The van der Waals surface area contributed by atoms with E-state index in [-0.39, 0.29) is 11.8 Å². The number of carbonyl (C=O) groups excluding carboxylic acids is 2. The summed E-state index contributed by atoms with van der Waals surface area (Å²) >= 11 is 0. The first-order chi connectivity index (χ1) is 11.5. The number of aryl methyl sites for hydroxylation is 1. The van der Waals surface area contributed by atoms with Gasteiger partial charge in [-0.3, -0.25) is 9.59 Å². The molecule has 0 radical (unpaired) electrons. The molecule has 0 unspecified atom stereocenters. The lowest BCUT2D eigenvalue weighted by Crippen LogP contribution is -2.45. The Morgan fingerprint density at radius 2 is 1.46 bits per heavy atom. The molecule has 0 aliphatic carbocycles. The van der Waals surface area contributed by atoms with Crippen molar-refractivity contribution in [2.24, 2.45) is 5.41 Å². The summed E-state index contributed by atoms with van der Waals surface area (Å²) in [5.41, 5.74) is 0.808. The van der Waals surface area contributed by atoms with Crippen molar-refractivity contribution in [2.45, 2.75) is 26.7 Å². The van der Waals surface area contributed by atoms with E-state index >= 15 is 0 Å². The predicted octanol–water partition coefficient (Wildman–Crippen LogP) is 3.40. The zero-order valence-corrected chi connectivity index (χ0v) is 14.2. The average Bonchev–Trinajstić information content (AvgIpc) is 2.60. The first-order valence-corrected chi connectivity index (χ1v) is 8.19. The molecule has 0 atom stereocenters. The third-order valence-electron chi connectivity index (χ3n) is 3.94. The third kappa shape index (κ3) is 4.95. The Bertz CT molecular complexity index is 667. The largest absolute Gasteiger partial charge is 0.355 e. The van der Waals surface area contributed by atoms with Crippen molar-refractivity contribution in [1.29, 1.82) is 0 Å². The fourth-order valence-corrected chi connectivity index (χ4v) is 2.27. The number of para-hydroxylation sites is 1. The molecule has 4 heteroatoms. The van der Waals surface area contributed by atoms with Crippen LogP contribution in [0.3, 0.4) is 0 Å². The summed E-state index contributed by atoms with van der Waals surface area (Å²) in [6.07, 6.45) is 1.74. The number of carbonyl (C=O) groups is 2. The van der Waals surface area contributed by atoms with Gasteiger partial charge in [-0.1, -0.05) is 48.5 Å². The molecule has 2 aromatic carbocycles. The van der Waals surface area contributed by atoms with Crippen LogP contribution in [0.4, 0.5) is 5.69 Å². The summed E-state index contributed by atoms with van der Waals surface area (Å²) in [7, 11) is 0. The lowest BCUT2D eigenvalue weighted by atomic mass is 9.91. The molecule has 0 spiro atoms. The summed E-state index contributed by atoms with van der Waals surface area (Å²) in [5, 5.41) is 5.64. The third-order valence-corrected chi connectivity index (χ3v) is 3.94. The van der Waals surface area contributed by atoms with E-state index in [0.717, 1.165) is 12.8 Å². The minimum Gasteiger partial charge on any atom is -0.355 e. The Morgan fingerprint density at radius 1 is 0.875 bits per heavy atom. The molecule has 126 valence electrons. The van der Waals surface area contributed by atoms with Gasteiger partial charge in [-0.2, -0.15) is 0 Å². The fourth-order valence-electron chi connectivity index (χ4n) is 2.27. The number of hydrogen-bond donors (Lipinski definition) is 2. The van der Waals surface area contributed by atoms with Crippen LogP contribution in [0, 0.1) is 5.41 Å². The van der Waals surface area contributed by atoms with E-state index in [0.29, 0.717) is 12.2 Å². The molecule has 0 saturated carbocycles. The highest BCUT2D eigenvalue weighted by atomic mass is 16.2. The first-order valence-electron chi connectivity index (χ1n) is 8.19. The van der Waals surface area contributed by atoms with Gasteiger partial charge in [0.1, 0.15) is 5.41 Å². The summed E-state index contributed by atoms with van der Waals surface area (Å²) in [4.78, 5) is 24.7. The topological polar surface area (TPSA) is 58.2 Å². The van der Waals surface area contributed by atoms with Crippen molar-refractivity contribution in [3.63, 3.8) is 0 Å². The minimum atomic E-state index is -1.12. The van der Waals surface area contributed by atoms with Gasteiger partial charge in [0.25, 0.3) is 0 Å². The van der Waals surface area contributed by atoms with Gasteiger partial charge in [0, 0.05) is 12.2 Å². The summed E-state index contributed by atoms with van der Waals surface area (Å²) < 4.78 is 0. The van der Waals surface area contributed by atoms with E-state index in [1.807, 2.05) is 36.4 Å². The van der Waals surface area contributed by atoms with Crippen molar-refractivity contribution in [2.75, 3.05) is 11.9 Å². The van der Waals surface area contributed by atoms with Crippen molar-refractivity contribution in [3.8, 4) is 0 Å². The molecule has 2 N–H and O–H groups in total. The van der Waals surface area contributed by atoms with Crippen LogP contribution < -0.4 is 10.6 Å². The van der Waals surface area contributed by atoms with Crippen molar-refractivity contribution in [1.82, 2.24) is 5.32 Å². The Hall–Kier alpha value is -2.62. The lowest BCUT2D eigenvalue weighted by molar-refractivity contribution is -0.138. The van der Waals surface area contributed by atoms with E-state index in [2.05, 4.69) is 22.8 Å². The van der Waals surface area contributed by atoms with Crippen molar-refractivity contribution in [3.05, 3.63) is 66.2 Å². The van der Waals surface area contributed by atoms with Crippen LogP contribution in [0.15, 0.2) is 60.7 Å². The van der Waals surface area contributed by atoms with Crippen LogP contribution >= 0.6 is 0 Å². The maximum Gasteiger partial charge on any atom is 0.239 e. The number of amides is 2. The monoisotopic (exact) mass is 324 g/mol. The number of benzene rings is 2. The maximum absolute atomic E-state index is 12.4. The maximum atomic E-state index is 12.4. The van der Waals surface area contributed by atoms with Gasteiger partial charge in [0.15, 0.2) is 0 Å². The quantitative estimate of drug-likeness (QED) is 0.606. The van der Waals surface area contributed by atoms with E-state index < -0.39 is 5.41 Å².